The molecule has 0 saturated carbocycles. The smallest absolute Gasteiger partial charge is 0.353 e. The van der Waals surface area contributed by atoms with Crippen LogP contribution >= 0.6 is 0 Å². The number of hydrogen-bond donors (Lipinski definition) is 1. The van der Waals surface area contributed by atoms with Gasteiger partial charge in [0, 0.05) is 45.5 Å². The molecule has 156 valence electrons. The van der Waals surface area contributed by atoms with Crippen molar-refractivity contribution in [2.45, 2.75) is 26.4 Å². The molecule has 2 aromatic heterocycles. The van der Waals surface area contributed by atoms with Gasteiger partial charge in [-0.2, -0.15) is 0 Å². The number of nitrogens with zero attached hydrogens (tertiary/aromatic N) is 6. The highest BCUT2D eigenvalue weighted by Gasteiger charge is 2.29. The minimum absolute atomic E-state index is 0.0800. The van der Waals surface area contributed by atoms with E-state index < -0.39 is 4.92 Å². The second-order valence-electron chi connectivity index (χ2n) is 7.01. The Kier molecular flexibility index (Phi) is 7.12. The van der Waals surface area contributed by atoms with Crippen molar-refractivity contribution in [3.63, 3.8) is 0 Å². The van der Waals surface area contributed by atoms with Gasteiger partial charge in [0.05, 0.1) is 11.0 Å². The number of piperazine rings is 1. The Labute approximate surface area is 170 Å². The van der Waals surface area contributed by atoms with Crippen molar-refractivity contribution in [3.8, 4) is 0 Å². The summed E-state index contributed by atoms with van der Waals surface area (Å²) in [6, 6.07) is 5.80. The zero-order valence-electron chi connectivity index (χ0n) is 16.8. The third-order valence-corrected chi connectivity index (χ3v) is 4.60. The van der Waals surface area contributed by atoms with Gasteiger partial charge in [0.15, 0.2) is 0 Å². The number of ether oxygens (including phenoxy) is 1. The summed E-state index contributed by atoms with van der Waals surface area (Å²) in [5.41, 5.74) is -0.0800. The molecule has 10 heteroatoms. The summed E-state index contributed by atoms with van der Waals surface area (Å²) in [5, 5.41) is 14.8. The molecular weight excluding hydrogens is 374 g/mol. The Morgan fingerprint density at radius 1 is 1.17 bits per heavy atom. The van der Waals surface area contributed by atoms with Crippen LogP contribution in [0.25, 0.3) is 0 Å². The highest BCUT2D eigenvalue weighted by atomic mass is 16.6. The molecule has 0 unspecified atom stereocenters. The quantitative estimate of drug-likeness (QED) is 0.384. The SMILES string of the molecule is CC(C)OCCCNc1ncnc(N2CCN(c3ccccn3)CC2)c1[N+](=O)[O-]. The molecule has 0 aromatic carbocycles. The summed E-state index contributed by atoms with van der Waals surface area (Å²) in [7, 11) is 0. The molecule has 0 amide bonds. The molecule has 1 aliphatic rings. The van der Waals surface area contributed by atoms with Crippen LogP contribution in [0, 0.1) is 10.1 Å². The zero-order valence-corrected chi connectivity index (χ0v) is 16.8. The van der Waals surface area contributed by atoms with Crippen LogP contribution < -0.4 is 15.1 Å². The number of rotatable bonds is 9. The standard InChI is InChI=1S/C19H27N7O3/c1-15(2)29-13-5-8-21-18-17(26(27)28)19(23-14-22-18)25-11-9-24(10-12-25)16-6-3-4-7-20-16/h3-4,6-7,14-15H,5,8-13H2,1-2H3,(H,21,22,23). The van der Waals surface area contributed by atoms with Crippen LogP contribution in [0.5, 0.6) is 0 Å². The summed E-state index contributed by atoms with van der Waals surface area (Å²) in [6.07, 6.45) is 4.04. The van der Waals surface area contributed by atoms with E-state index >= 15 is 0 Å². The van der Waals surface area contributed by atoms with Gasteiger partial charge in [0.1, 0.15) is 12.1 Å². The molecule has 10 nitrogen and oxygen atoms in total. The van der Waals surface area contributed by atoms with Gasteiger partial charge in [-0.3, -0.25) is 10.1 Å². The monoisotopic (exact) mass is 401 g/mol. The van der Waals surface area contributed by atoms with Crippen LogP contribution in [0.3, 0.4) is 0 Å². The summed E-state index contributed by atoms with van der Waals surface area (Å²) in [5.74, 6) is 1.51. The first-order valence-electron chi connectivity index (χ1n) is 9.82. The average molecular weight is 401 g/mol. The molecule has 1 fully saturated rings. The minimum Gasteiger partial charge on any atom is -0.379 e. The summed E-state index contributed by atoms with van der Waals surface area (Å²) in [4.78, 5) is 28.2. The molecule has 1 aliphatic heterocycles. The van der Waals surface area contributed by atoms with Gasteiger partial charge in [-0.15, -0.1) is 0 Å². The van der Waals surface area contributed by atoms with Crippen molar-refractivity contribution in [2.24, 2.45) is 0 Å². The second-order valence-corrected chi connectivity index (χ2v) is 7.01. The second kappa shape index (κ2) is 9.97. The lowest BCUT2D eigenvalue weighted by molar-refractivity contribution is -0.383. The fourth-order valence-electron chi connectivity index (χ4n) is 3.18. The van der Waals surface area contributed by atoms with Gasteiger partial charge in [0.25, 0.3) is 0 Å². The molecule has 3 heterocycles. The normalized spacial score (nSPS) is 14.3. The van der Waals surface area contributed by atoms with Crippen LogP contribution in [-0.2, 0) is 4.74 Å². The lowest BCUT2D eigenvalue weighted by atomic mass is 10.2. The highest BCUT2D eigenvalue weighted by Crippen LogP contribution is 2.32. The van der Waals surface area contributed by atoms with Gasteiger partial charge in [0.2, 0.25) is 11.6 Å². The van der Waals surface area contributed by atoms with E-state index in [0.717, 1.165) is 12.2 Å². The van der Waals surface area contributed by atoms with E-state index in [0.29, 0.717) is 45.1 Å². The predicted octanol–water partition coefficient (Wildman–Crippen LogP) is 2.33. The molecule has 1 saturated heterocycles. The fraction of sp³-hybridized carbons (Fsp3) is 0.526. The number of anilines is 3. The number of hydrogen-bond acceptors (Lipinski definition) is 9. The van der Waals surface area contributed by atoms with Crippen molar-refractivity contribution >= 4 is 23.1 Å². The Hall–Kier alpha value is -3.01. The van der Waals surface area contributed by atoms with E-state index in [-0.39, 0.29) is 17.6 Å². The summed E-state index contributed by atoms with van der Waals surface area (Å²) >= 11 is 0. The molecule has 0 radical (unpaired) electrons. The van der Waals surface area contributed by atoms with E-state index in [1.165, 1.54) is 6.33 Å². The largest absolute Gasteiger partial charge is 0.379 e. The van der Waals surface area contributed by atoms with E-state index in [2.05, 4.69) is 25.2 Å². The van der Waals surface area contributed by atoms with Crippen molar-refractivity contribution in [2.75, 3.05) is 54.4 Å². The fourth-order valence-corrected chi connectivity index (χ4v) is 3.18. The maximum Gasteiger partial charge on any atom is 0.353 e. The lowest BCUT2D eigenvalue weighted by Gasteiger charge is -2.35. The maximum absolute atomic E-state index is 11.8. The van der Waals surface area contributed by atoms with Gasteiger partial charge in [-0.05, 0) is 32.4 Å². The molecule has 0 spiro atoms. The average Bonchev–Trinajstić information content (AvgIpc) is 2.73. The van der Waals surface area contributed by atoms with Gasteiger partial charge >= 0.3 is 5.69 Å². The zero-order chi connectivity index (χ0) is 20.6. The minimum atomic E-state index is -0.409. The van der Waals surface area contributed by atoms with E-state index in [9.17, 15) is 10.1 Å². The van der Waals surface area contributed by atoms with Gasteiger partial charge < -0.3 is 19.9 Å². The number of nitro groups is 1. The van der Waals surface area contributed by atoms with E-state index in [1.807, 2.05) is 36.9 Å². The number of aromatic nitrogens is 3. The van der Waals surface area contributed by atoms with Crippen LogP contribution in [0.2, 0.25) is 0 Å². The van der Waals surface area contributed by atoms with Crippen LogP contribution in [0.4, 0.5) is 23.1 Å². The third kappa shape index (κ3) is 5.50. The van der Waals surface area contributed by atoms with Gasteiger partial charge in [-0.1, -0.05) is 6.07 Å². The van der Waals surface area contributed by atoms with Crippen LogP contribution in [0.15, 0.2) is 30.7 Å². The molecule has 3 rings (SSSR count). The Morgan fingerprint density at radius 2 is 1.93 bits per heavy atom. The van der Waals surface area contributed by atoms with Crippen molar-refractivity contribution in [1.82, 2.24) is 15.0 Å². The first-order chi connectivity index (χ1) is 14.1. The summed E-state index contributed by atoms with van der Waals surface area (Å²) < 4.78 is 5.50. The van der Waals surface area contributed by atoms with Crippen molar-refractivity contribution in [1.29, 1.82) is 0 Å². The van der Waals surface area contributed by atoms with Crippen molar-refractivity contribution in [3.05, 3.63) is 40.8 Å². The first-order valence-corrected chi connectivity index (χ1v) is 9.82. The molecule has 0 atom stereocenters. The maximum atomic E-state index is 11.8. The summed E-state index contributed by atoms with van der Waals surface area (Å²) in [6.45, 7) is 7.75. The Bertz CT molecular complexity index is 796. The van der Waals surface area contributed by atoms with Crippen molar-refractivity contribution < 1.29 is 9.66 Å². The Morgan fingerprint density at radius 3 is 2.59 bits per heavy atom. The first kappa shape index (κ1) is 20.7. The molecule has 0 bridgehead atoms. The molecule has 2 aromatic rings. The van der Waals surface area contributed by atoms with Gasteiger partial charge in [-0.25, -0.2) is 15.0 Å². The predicted molar refractivity (Wildman–Crippen MR) is 112 cm³/mol. The molecule has 29 heavy (non-hydrogen) atoms. The van der Waals surface area contributed by atoms with E-state index in [4.69, 9.17) is 4.74 Å². The number of pyridine rings is 1. The lowest BCUT2D eigenvalue weighted by Crippen LogP contribution is -2.47. The highest BCUT2D eigenvalue weighted by molar-refractivity contribution is 5.70. The van der Waals surface area contributed by atoms with Crippen LogP contribution in [-0.4, -0.2) is 65.3 Å². The molecular formula is C19H27N7O3. The Balaban J connectivity index is 1.65. The number of nitrogens with one attached hydrogen (secondary N) is 1. The topological polar surface area (TPSA) is 110 Å². The molecule has 0 aliphatic carbocycles. The van der Waals surface area contributed by atoms with E-state index in [1.54, 1.807) is 6.20 Å². The molecule has 1 N–H and O–H groups in total. The third-order valence-electron chi connectivity index (χ3n) is 4.60. The van der Waals surface area contributed by atoms with Crippen LogP contribution in [0.1, 0.15) is 20.3 Å².